The zero-order valence-corrected chi connectivity index (χ0v) is 10.4. The van der Waals surface area contributed by atoms with Crippen LogP contribution < -0.4 is 10.6 Å². The molecule has 1 atom stereocenters. The Morgan fingerprint density at radius 2 is 2.17 bits per heavy atom. The second kappa shape index (κ2) is 6.50. The largest absolute Gasteiger partial charge is 0.356 e. The molecule has 1 heterocycles. The lowest BCUT2D eigenvalue weighted by atomic mass is 10.1. The second-order valence-corrected chi connectivity index (χ2v) is 4.74. The Morgan fingerprint density at radius 1 is 1.39 bits per heavy atom. The van der Waals surface area contributed by atoms with Crippen LogP contribution in [0.2, 0.25) is 0 Å². The highest BCUT2D eigenvalue weighted by Gasteiger charge is 2.13. The lowest BCUT2D eigenvalue weighted by Crippen LogP contribution is -2.31. The van der Waals surface area contributed by atoms with Crippen LogP contribution in [0.4, 0.5) is 4.39 Å². The summed E-state index contributed by atoms with van der Waals surface area (Å²) < 4.78 is 12.7. The fourth-order valence-corrected chi connectivity index (χ4v) is 2.24. The average Bonchev–Trinajstić information content (AvgIpc) is 2.85. The van der Waals surface area contributed by atoms with E-state index in [4.69, 9.17) is 0 Å². The van der Waals surface area contributed by atoms with E-state index in [-0.39, 0.29) is 11.7 Å². The van der Waals surface area contributed by atoms with E-state index in [1.54, 1.807) is 12.1 Å². The van der Waals surface area contributed by atoms with Gasteiger partial charge in [-0.2, -0.15) is 0 Å². The summed E-state index contributed by atoms with van der Waals surface area (Å²) in [6.45, 7) is 1.80. The number of carbonyl (C=O) groups excluding carboxylic acids is 1. The van der Waals surface area contributed by atoms with Crippen LogP contribution in [0.1, 0.15) is 24.8 Å². The van der Waals surface area contributed by atoms with E-state index >= 15 is 0 Å². The predicted octanol–water partition coefficient (Wildman–Crippen LogP) is 1.63. The highest BCUT2D eigenvalue weighted by atomic mass is 19.1. The maximum absolute atomic E-state index is 12.7. The summed E-state index contributed by atoms with van der Waals surface area (Å²) in [5.41, 5.74) is 0.841. The monoisotopic (exact) mass is 250 g/mol. The number of carbonyl (C=O) groups is 1. The minimum Gasteiger partial charge on any atom is -0.356 e. The average molecular weight is 250 g/mol. The standard InChI is InChI=1S/C14H19FN2O/c15-12-5-3-11(4-6-12)10-14(18)17-9-7-13-2-1-8-16-13/h3-6,13,16H,1-2,7-10H2,(H,17,18)/t13-/m1/s1. The first-order chi connectivity index (χ1) is 8.74. The summed E-state index contributed by atoms with van der Waals surface area (Å²) in [7, 11) is 0. The number of hydrogen-bond donors (Lipinski definition) is 2. The van der Waals surface area contributed by atoms with Crippen molar-refractivity contribution < 1.29 is 9.18 Å². The van der Waals surface area contributed by atoms with E-state index in [9.17, 15) is 9.18 Å². The van der Waals surface area contributed by atoms with Crippen molar-refractivity contribution in [2.24, 2.45) is 0 Å². The van der Waals surface area contributed by atoms with Gasteiger partial charge in [0.15, 0.2) is 0 Å². The van der Waals surface area contributed by atoms with E-state index in [1.165, 1.54) is 25.0 Å². The zero-order chi connectivity index (χ0) is 12.8. The summed E-state index contributed by atoms with van der Waals surface area (Å²) in [5.74, 6) is -0.272. The van der Waals surface area contributed by atoms with Crippen molar-refractivity contribution in [3.05, 3.63) is 35.6 Å². The first kappa shape index (κ1) is 13.0. The van der Waals surface area contributed by atoms with E-state index < -0.39 is 0 Å². The Bertz CT molecular complexity index is 385. The molecule has 1 aliphatic heterocycles. The molecule has 1 aromatic rings. The summed E-state index contributed by atoms with van der Waals surface area (Å²) in [4.78, 5) is 11.6. The third-order valence-electron chi connectivity index (χ3n) is 3.26. The zero-order valence-electron chi connectivity index (χ0n) is 10.4. The number of amides is 1. The molecule has 0 saturated carbocycles. The molecule has 4 heteroatoms. The molecule has 0 bridgehead atoms. The number of rotatable bonds is 5. The van der Waals surface area contributed by atoms with Gasteiger partial charge in [0.2, 0.25) is 5.91 Å². The first-order valence-corrected chi connectivity index (χ1v) is 6.48. The molecule has 3 nitrogen and oxygen atoms in total. The molecule has 1 aromatic carbocycles. The van der Waals surface area contributed by atoms with Crippen LogP contribution in [0.5, 0.6) is 0 Å². The summed E-state index contributed by atoms with van der Waals surface area (Å²) >= 11 is 0. The van der Waals surface area contributed by atoms with E-state index in [0.717, 1.165) is 18.5 Å². The van der Waals surface area contributed by atoms with Crippen molar-refractivity contribution in [2.45, 2.75) is 31.7 Å². The van der Waals surface area contributed by atoms with Gasteiger partial charge < -0.3 is 10.6 Å². The number of benzene rings is 1. The van der Waals surface area contributed by atoms with Crippen molar-refractivity contribution >= 4 is 5.91 Å². The molecule has 0 radical (unpaired) electrons. The SMILES string of the molecule is O=C(Cc1ccc(F)cc1)NCC[C@H]1CCCN1. The fraction of sp³-hybridized carbons (Fsp3) is 0.500. The van der Waals surface area contributed by atoms with E-state index in [1.807, 2.05) is 0 Å². The quantitative estimate of drug-likeness (QED) is 0.834. The normalized spacial score (nSPS) is 18.8. The fourth-order valence-electron chi connectivity index (χ4n) is 2.24. The molecule has 1 fully saturated rings. The summed E-state index contributed by atoms with van der Waals surface area (Å²) in [6.07, 6.45) is 3.73. The highest BCUT2D eigenvalue weighted by molar-refractivity contribution is 5.78. The molecule has 0 spiro atoms. The molecule has 98 valence electrons. The third kappa shape index (κ3) is 4.11. The smallest absolute Gasteiger partial charge is 0.224 e. The maximum Gasteiger partial charge on any atom is 0.224 e. The Balaban J connectivity index is 1.66. The van der Waals surface area contributed by atoms with Gasteiger partial charge in [0.05, 0.1) is 6.42 Å². The lowest BCUT2D eigenvalue weighted by Gasteiger charge is -2.10. The minimum atomic E-state index is -0.272. The van der Waals surface area contributed by atoms with Crippen LogP contribution in [0.3, 0.4) is 0 Å². The van der Waals surface area contributed by atoms with Crippen LogP contribution in [-0.4, -0.2) is 25.0 Å². The summed E-state index contributed by atoms with van der Waals surface area (Å²) in [6, 6.07) is 6.60. The molecular weight excluding hydrogens is 231 g/mol. The van der Waals surface area contributed by atoms with Gasteiger partial charge in [0, 0.05) is 12.6 Å². The van der Waals surface area contributed by atoms with E-state index in [2.05, 4.69) is 10.6 Å². The number of halogens is 1. The molecule has 1 aliphatic rings. The van der Waals surface area contributed by atoms with Gasteiger partial charge in [-0.15, -0.1) is 0 Å². The molecule has 0 aliphatic carbocycles. The van der Waals surface area contributed by atoms with Crippen LogP contribution in [-0.2, 0) is 11.2 Å². The number of nitrogens with one attached hydrogen (secondary N) is 2. The van der Waals surface area contributed by atoms with Crippen LogP contribution in [0.25, 0.3) is 0 Å². The van der Waals surface area contributed by atoms with Crippen LogP contribution in [0, 0.1) is 5.82 Å². The predicted molar refractivity (Wildman–Crippen MR) is 68.8 cm³/mol. The van der Waals surface area contributed by atoms with Gasteiger partial charge in [-0.1, -0.05) is 12.1 Å². The molecular formula is C14H19FN2O. The number of hydrogen-bond acceptors (Lipinski definition) is 2. The molecule has 0 aromatic heterocycles. The van der Waals surface area contributed by atoms with Crippen molar-refractivity contribution in [1.29, 1.82) is 0 Å². The lowest BCUT2D eigenvalue weighted by molar-refractivity contribution is -0.120. The van der Waals surface area contributed by atoms with Gasteiger partial charge >= 0.3 is 0 Å². The van der Waals surface area contributed by atoms with Gasteiger partial charge in [-0.3, -0.25) is 4.79 Å². The van der Waals surface area contributed by atoms with Gasteiger partial charge in [-0.05, 0) is 43.5 Å². The Morgan fingerprint density at radius 3 is 2.83 bits per heavy atom. The Labute approximate surface area is 107 Å². The van der Waals surface area contributed by atoms with Gasteiger partial charge in [-0.25, -0.2) is 4.39 Å². The molecule has 2 N–H and O–H groups in total. The Kier molecular flexibility index (Phi) is 4.70. The molecule has 1 amide bonds. The van der Waals surface area contributed by atoms with Gasteiger partial charge in [0.1, 0.15) is 5.82 Å². The van der Waals surface area contributed by atoms with Crippen molar-refractivity contribution in [3.8, 4) is 0 Å². The van der Waals surface area contributed by atoms with Crippen molar-refractivity contribution in [2.75, 3.05) is 13.1 Å². The highest BCUT2D eigenvalue weighted by Crippen LogP contribution is 2.07. The second-order valence-electron chi connectivity index (χ2n) is 4.74. The van der Waals surface area contributed by atoms with Crippen molar-refractivity contribution in [1.82, 2.24) is 10.6 Å². The van der Waals surface area contributed by atoms with E-state index in [0.29, 0.717) is 19.0 Å². The molecule has 0 unspecified atom stereocenters. The third-order valence-corrected chi connectivity index (χ3v) is 3.26. The maximum atomic E-state index is 12.7. The molecule has 2 rings (SSSR count). The minimum absolute atomic E-state index is 0.000366. The first-order valence-electron chi connectivity index (χ1n) is 6.48. The van der Waals surface area contributed by atoms with Gasteiger partial charge in [0.25, 0.3) is 0 Å². The van der Waals surface area contributed by atoms with Crippen molar-refractivity contribution in [3.63, 3.8) is 0 Å². The topological polar surface area (TPSA) is 41.1 Å². The van der Waals surface area contributed by atoms with Crippen LogP contribution >= 0.6 is 0 Å². The molecule has 18 heavy (non-hydrogen) atoms. The Hall–Kier alpha value is -1.42. The molecule has 1 saturated heterocycles. The van der Waals surface area contributed by atoms with Crippen LogP contribution in [0.15, 0.2) is 24.3 Å². The summed E-state index contributed by atoms with van der Waals surface area (Å²) in [5, 5.41) is 6.29.